The van der Waals surface area contributed by atoms with Crippen molar-refractivity contribution in [1.29, 1.82) is 5.41 Å². The van der Waals surface area contributed by atoms with E-state index in [-0.39, 0.29) is 18.1 Å². The van der Waals surface area contributed by atoms with Gasteiger partial charge in [0.05, 0.1) is 25.5 Å². The summed E-state index contributed by atoms with van der Waals surface area (Å²) in [6.07, 6.45) is 1.03. The predicted octanol–water partition coefficient (Wildman–Crippen LogP) is 3.88. The number of nitrogens with one attached hydrogen (secondary N) is 2. The predicted molar refractivity (Wildman–Crippen MR) is 105 cm³/mol. The molecule has 1 aromatic carbocycles. The van der Waals surface area contributed by atoms with Crippen LogP contribution in [0.5, 0.6) is 5.75 Å². The van der Waals surface area contributed by atoms with E-state index in [1.807, 2.05) is 24.3 Å². The lowest BCUT2D eigenvalue weighted by atomic mass is 10.1. The highest BCUT2D eigenvalue weighted by Gasteiger charge is 2.35. The topological polar surface area (TPSA) is 101 Å². The Balaban J connectivity index is 1.74. The van der Waals surface area contributed by atoms with Gasteiger partial charge in [-0.1, -0.05) is 0 Å². The lowest BCUT2D eigenvalue weighted by molar-refractivity contribution is 0.0520. The molecule has 0 aliphatic carbocycles. The zero-order valence-corrected chi connectivity index (χ0v) is 16.1. The molecule has 1 aliphatic heterocycles. The Labute approximate surface area is 165 Å². The first-order valence-corrected chi connectivity index (χ1v) is 9.49. The fourth-order valence-corrected chi connectivity index (χ4v) is 3.79. The van der Waals surface area contributed by atoms with E-state index in [1.165, 1.54) is 17.6 Å². The number of amidine groups is 1. The molecule has 9 heteroatoms. The second-order valence-corrected chi connectivity index (χ2v) is 6.81. The second kappa shape index (κ2) is 7.35. The molecule has 0 bridgehead atoms. The first kappa shape index (κ1) is 18.1. The minimum Gasteiger partial charge on any atom is -0.497 e. The number of benzene rings is 1. The van der Waals surface area contributed by atoms with Crippen LogP contribution in [0.25, 0.3) is 0 Å². The molecule has 1 atom stereocenters. The maximum absolute atomic E-state index is 12.0. The Morgan fingerprint density at radius 1 is 1.36 bits per heavy atom. The summed E-state index contributed by atoms with van der Waals surface area (Å²) in [5, 5.41) is 14.2. The van der Waals surface area contributed by atoms with Gasteiger partial charge < -0.3 is 19.2 Å². The van der Waals surface area contributed by atoms with Crippen molar-refractivity contribution in [2.75, 3.05) is 23.9 Å². The minimum atomic E-state index is -0.507. The van der Waals surface area contributed by atoms with Crippen LogP contribution in [-0.2, 0) is 4.74 Å². The summed E-state index contributed by atoms with van der Waals surface area (Å²) >= 11 is 1.32. The third-order valence-electron chi connectivity index (χ3n) is 4.28. The third kappa shape index (κ3) is 3.09. The number of thiazole rings is 1. The number of hydrogen-bond donors (Lipinski definition) is 2. The molecule has 0 spiro atoms. The molecule has 3 aromatic rings. The molecule has 2 N–H and O–H groups in total. The standard InChI is InChI=1S/C19H18N4O4S/c1-3-26-19(24)14-10-28-18(21-14)16-22-17-13(8-9-27-17)15(20)23(16)11-4-6-12(25-2)7-5-11/h4-10,16,20,22H,3H2,1-2H3. The number of esters is 1. The first-order valence-electron chi connectivity index (χ1n) is 8.61. The molecule has 0 saturated carbocycles. The van der Waals surface area contributed by atoms with E-state index in [0.717, 1.165) is 11.4 Å². The number of anilines is 2. The van der Waals surface area contributed by atoms with Gasteiger partial charge in [-0.3, -0.25) is 10.3 Å². The fraction of sp³-hybridized carbons (Fsp3) is 0.211. The molecule has 8 nitrogen and oxygen atoms in total. The van der Waals surface area contributed by atoms with Crippen LogP contribution in [0.1, 0.15) is 34.1 Å². The summed E-state index contributed by atoms with van der Waals surface area (Å²) in [6.45, 7) is 2.03. The van der Waals surface area contributed by atoms with Crippen molar-refractivity contribution in [3.8, 4) is 5.75 Å². The maximum Gasteiger partial charge on any atom is 0.357 e. The van der Waals surface area contributed by atoms with E-state index in [4.69, 9.17) is 19.3 Å². The molecule has 0 amide bonds. The van der Waals surface area contributed by atoms with Crippen LogP contribution in [0.2, 0.25) is 0 Å². The number of furan rings is 1. The Bertz CT molecular complexity index is 1010. The highest BCUT2D eigenvalue weighted by molar-refractivity contribution is 7.10. The third-order valence-corrected chi connectivity index (χ3v) is 5.18. The number of rotatable bonds is 5. The Kier molecular flexibility index (Phi) is 4.74. The Morgan fingerprint density at radius 2 is 2.14 bits per heavy atom. The van der Waals surface area contributed by atoms with E-state index in [1.54, 1.807) is 30.4 Å². The number of hydrogen-bond acceptors (Lipinski definition) is 8. The quantitative estimate of drug-likeness (QED) is 0.629. The molecule has 4 rings (SSSR count). The van der Waals surface area contributed by atoms with E-state index < -0.39 is 12.1 Å². The smallest absolute Gasteiger partial charge is 0.357 e. The Morgan fingerprint density at radius 3 is 2.86 bits per heavy atom. The largest absolute Gasteiger partial charge is 0.497 e. The van der Waals surface area contributed by atoms with Crippen molar-refractivity contribution in [1.82, 2.24) is 4.98 Å². The van der Waals surface area contributed by atoms with Crippen LogP contribution in [0.15, 0.2) is 46.4 Å². The monoisotopic (exact) mass is 398 g/mol. The van der Waals surface area contributed by atoms with Crippen molar-refractivity contribution in [3.05, 3.63) is 58.2 Å². The van der Waals surface area contributed by atoms with E-state index in [2.05, 4.69) is 10.3 Å². The molecule has 0 fully saturated rings. The van der Waals surface area contributed by atoms with Gasteiger partial charge >= 0.3 is 5.97 Å². The number of carbonyl (C=O) groups excluding carboxylic acids is 1. The van der Waals surface area contributed by atoms with Crippen LogP contribution in [0.4, 0.5) is 11.6 Å². The van der Waals surface area contributed by atoms with Gasteiger partial charge in [0, 0.05) is 11.1 Å². The number of carbonyl (C=O) groups is 1. The number of aromatic nitrogens is 1. The molecule has 2 aromatic heterocycles. The van der Waals surface area contributed by atoms with Crippen LogP contribution >= 0.6 is 11.3 Å². The van der Waals surface area contributed by atoms with Gasteiger partial charge in [0.25, 0.3) is 0 Å². The SMILES string of the molecule is CCOC(=O)c1csc(C2Nc3occc3C(=N)N2c2ccc(OC)cc2)n1. The van der Waals surface area contributed by atoms with Crippen molar-refractivity contribution in [2.24, 2.45) is 0 Å². The number of fused-ring (bicyclic) bond motifs is 1. The second-order valence-electron chi connectivity index (χ2n) is 5.92. The minimum absolute atomic E-state index is 0.245. The number of nitrogens with zero attached hydrogens (tertiary/aromatic N) is 2. The van der Waals surface area contributed by atoms with Crippen molar-refractivity contribution < 1.29 is 18.7 Å². The summed E-state index contributed by atoms with van der Waals surface area (Å²) in [7, 11) is 1.60. The summed E-state index contributed by atoms with van der Waals surface area (Å²) in [4.78, 5) is 18.2. The average Bonchev–Trinajstić information content (AvgIpc) is 3.38. The van der Waals surface area contributed by atoms with Gasteiger partial charge in [-0.15, -0.1) is 11.3 Å². The van der Waals surface area contributed by atoms with Crippen LogP contribution in [0, 0.1) is 5.41 Å². The summed E-state index contributed by atoms with van der Waals surface area (Å²) in [5.41, 5.74) is 1.67. The van der Waals surface area contributed by atoms with Gasteiger partial charge in [0.1, 0.15) is 16.6 Å². The zero-order chi connectivity index (χ0) is 19.7. The van der Waals surface area contributed by atoms with E-state index in [9.17, 15) is 4.79 Å². The van der Waals surface area contributed by atoms with Gasteiger partial charge in [0.2, 0.25) is 5.88 Å². The molecule has 1 unspecified atom stereocenters. The average molecular weight is 398 g/mol. The lowest BCUT2D eigenvalue weighted by Crippen LogP contribution is -2.42. The Hall–Kier alpha value is -3.33. The zero-order valence-electron chi connectivity index (χ0n) is 15.3. The van der Waals surface area contributed by atoms with Crippen molar-refractivity contribution in [3.63, 3.8) is 0 Å². The van der Waals surface area contributed by atoms with Gasteiger partial charge in [-0.25, -0.2) is 9.78 Å². The molecule has 1 aliphatic rings. The molecular formula is C19H18N4O4S. The van der Waals surface area contributed by atoms with Crippen molar-refractivity contribution >= 4 is 34.7 Å². The summed E-state index contributed by atoms with van der Waals surface area (Å²) in [6, 6.07) is 9.14. The summed E-state index contributed by atoms with van der Waals surface area (Å²) in [5.74, 6) is 1.02. The maximum atomic E-state index is 12.0. The van der Waals surface area contributed by atoms with Crippen LogP contribution in [0.3, 0.4) is 0 Å². The van der Waals surface area contributed by atoms with Gasteiger partial charge in [0.15, 0.2) is 11.9 Å². The van der Waals surface area contributed by atoms with E-state index in [0.29, 0.717) is 16.5 Å². The van der Waals surface area contributed by atoms with Gasteiger partial charge in [-0.2, -0.15) is 0 Å². The van der Waals surface area contributed by atoms with Crippen LogP contribution in [-0.4, -0.2) is 30.5 Å². The molecule has 0 radical (unpaired) electrons. The first-order chi connectivity index (χ1) is 13.6. The molecule has 0 saturated heterocycles. The van der Waals surface area contributed by atoms with Crippen LogP contribution < -0.4 is 15.0 Å². The van der Waals surface area contributed by atoms with E-state index >= 15 is 0 Å². The molecule has 3 heterocycles. The highest BCUT2D eigenvalue weighted by atomic mass is 32.1. The normalized spacial score (nSPS) is 15.7. The highest BCUT2D eigenvalue weighted by Crippen LogP contribution is 2.38. The lowest BCUT2D eigenvalue weighted by Gasteiger charge is -2.36. The molecule has 144 valence electrons. The van der Waals surface area contributed by atoms with Gasteiger partial charge in [-0.05, 0) is 37.3 Å². The number of ether oxygens (including phenoxy) is 2. The molecule has 28 heavy (non-hydrogen) atoms. The summed E-state index contributed by atoms with van der Waals surface area (Å²) < 4.78 is 15.7. The fourth-order valence-electron chi connectivity index (χ4n) is 2.96. The van der Waals surface area contributed by atoms with Crippen molar-refractivity contribution in [2.45, 2.75) is 13.1 Å². The number of methoxy groups -OCH3 is 1. The molecular weight excluding hydrogens is 380 g/mol.